The molecule has 0 amide bonds. The maximum Gasteiger partial charge on any atom is 0.0462 e. The molecule has 0 heterocycles. The van der Waals surface area contributed by atoms with Crippen LogP contribution in [0.4, 0.5) is 0 Å². The summed E-state index contributed by atoms with van der Waals surface area (Å²) >= 11 is 0. The van der Waals surface area contributed by atoms with Crippen molar-refractivity contribution in [3.63, 3.8) is 0 Å². The Hall–Kier alpha value is -0.0400. The molecule has 0 fully saturated rings. The van der Waals surface area contributed by atoms with Crippen molar-refractivity contribution in [3.8, 4) is 0 Å². The molecule has 0 saturated carbocycles. The third kappa shape index (κ3) is 7.96. The molecule has 1 heteroatoms. The molecule has 55 valence electrons. The molecule has 0 saturated heterocycles. The Morgan fingerprint density at radius 3 is 2.67 bits per heavy atom. The van der Waals surface area contributed by atoms with Crippen molar-refractivity contribution in [2.24, 2.45) is 0 Å². The van der Waals surface area contributed by atoms with Gasteiger partial charge in [-0.25, -0.2) is 0 Å². The molecule has 0 aliphatic carbocycles. The average Bonchev–Trinajstić information content (AvgIpc) is 1.89. The van der Waals surface area contributed by atoms with Crippen LogP contribution in [0.5, 0.6) is 0 Å². The van der Waals surface area contributed by atoms with Crippen LogP contribution in [-0.4, -0.2) is 13.7 Å². The molecule has 0 spiro atoms. The van der Waals surface area contributed by atoms with Gasteiger partial charge >= 0.3 is 0 Å². The van der Waals surface area contributed by atoms with Crippen LogP contribution in [0, 0.1) is 6.42 Å². The fourth-order valence-electron chi connectivity index (χ4n) is 0.739. The zero-order valence-electron chi connectivity index (χ0n) is 6.52. The van der Waals surface area contributed by atoms with Crippen molar-refractivity contribution in [2.75, 3.05) is 13.7 Å². The Labute approximate surface area is 58.4 Å². The molecule has 1 nitrogen and oxygen atoms in total. The van der Waals surface area contributed by atoms with Gasteiger partial charge in [0.1, 0.15) is 0 Å². The Bertz CT molecular complexity index is 37.8. The molecule has 0 bridgehead atoms. The molecule has 9 heavy (non-hydrogen) atoms. The molecule has 0 aromatic rings. The van der Waals surface area contributed by atoms with Gasteiger partial charge in [-0.1, -0.05) is 26.2 Å². The van der Waals surface area contributed by atoms with Gasteiger partial charge in [0.25, 0.3) is 0 Å². The monoisotopic (exact) mass is 129 g/mol. The first-order valence-corrected chi connectivity index (χ1v) is 3.72. The first-order chi connectivity index (χ1) is 4.41. The second-order valence-electron chi connectivity index (χ2n) is 2.19. The quantitative estimate of drug-likeness (QED) is 0.500. The SMILES string of the molecule is CC[CH]CCCCOC. The molecule has 0 aliphatic heterocycles. The molecular weight excluding hydrogens is 112 g/mol. The van der Waals surface area contributed by atoms with E-state index in [2.05, 4.69) is 13.3 Å². The summed E-state index contributed by atoms with van der Waals surface area (Å²) in [5, 5.41) is 0. The summed E-state index contributed by atoms with van der Waals surface area (Å²) in [7, 11) is 1.75. The molecule has 0 aromatic carbocycles. The van der Waals surface area contributed by atoms with Gasteiger partial charge in [-0.2, -0.15) is 0 Å². The average molecular weight is 129 g/mol. The minimum atomic E-state index is 0.914. The van der Waals surface area contributed by atoms with E-state index in [1.807, 2.05) is 0 Å². The summed E-state index contributed by atoms with van der Waals surface area (Å²) in [4.78, 5) is 0. The van der Waals surface area contributed by atoms with E-state index in [0.717, 1.165) is 6.61 Å². The van der Waals surface area contributed by atoms with E-state index in [4.69, 9.17) is 4.74 Å². The predicted octanol–water partition coefficient (Wildman–Crippen LogP) is 2.42. The largest absolute Gasteiger partial charge is 0.385 e. The van der Waals surface area contributed by atoms with Crippen LogP contribution in [0.15, 0.2) is 0 Å². The van der Waals surface area contributed by atoms with Crippen molar-refractivity contribution in [2.45, 2.75) is 32.6 Å². The summed E-state index contributed by atoms with van der Waals surface area (Å²) in [6, 6.07) is 0. The van der Waals surface area contributed by atoms with Crippen molar-refractivity contribution in [1.29, 1.82) is 0 Å². The minimum absolute atomic E-state index is 0.914. The smallest absolute Gasteiger partial charge is 0.0462 e. The van der Waals surface area contributed by atoms with Crippen LogP contribution >= 0.6 is 0 Å². The number of hydrogen-bond donors (Lipinski definition) is 0. The van der Waals surface area contributed by atoms with Gasteiger partial charge in [0.05, 0.1) is 0 Å². The van der Waals surface area contributed by atoms with Gasteiger partial charge in [0.2, 0.25) is 0 Å². The topological polar surface area (TPSA) is 9.23 Å². The third-order valence-electron chi connectivity index (χ3n) is 1.30. The maximum atomic E-state index is 4.91. The molecule has 0 aliphatic rings. The van der Waals surface area contributed by atoms with Crippen molar-refractivity contribution in [3.05, 3.63) is 6.42 Å². The van der Waals surface area contributed by atoms with Crippen LogP contribution < -0.4 is 0 Å². The number of rotatable bonds is 6. The molecular formula is C8H17O. The van der Waals surface area contributed by atoms with Crippen molar-refractivity contribution < 1.29 is 4.74 Å². The van der Waals surface area contributed by atoms with Gasteiger partial charge in [0, 0.05) is 13.7 Å². The van der Waals surface area contributed by atoms with Crippen LogP contribution in [0.2, 0.25) is 0 Å². The predicted molar refractivity (Wildman–Crippen MR) is 40.3 cm³/mol. The lowest BCUT2D eigenvalue weighted by molar-refractivity contribution is 0.193. The lowest BCUT2D eigenvalue weighted by Gasteiger charge is -1.96. The molecule has 1 radical (unpaired) electrons. The van der Waals surface area contributed by atoms with E-state index < -0.39 is 0 Å². The van der Waals surface area contributed by atoms with Gasteiger partial charge in [-0.15, -0.1) is 0 Å². The Morgan fingerprint density at radius 2 is 2.11 bits per heavy atom. The highest BCUT2D eigenvalue weighted by Crippen LogP contribution is 2.00. The second kappa shape index (κ2) is 7.96. The fraction of sp³-hybridized carbons (Fsp3) is 0.875. The highest BCUT2D eigenvalue weighted by Gasteiger charge is 1.86. The highest BCUT2D eigenvalue weighted by molar-refractivity contribution is 4.60. The zero-order chi connectivity index (χ0) is 6.95. The van der Waals surface area contributed by atoms with Crippen molar-refractivity contribution in [1.82, 2.24) is 0 Å². The van der Waals surface area contributed by atoms with E-state index in [1.165, 1.54) is 25.7 Å². The highest BCUT2D eigenvalue weighted by atomic mass is 16.5. The maximum absolute atomic E-state index is 4.91. The van der Waals surface area contributed by atoms with Crippen LogP contribution in [0.25, 0.3) is 0 Å². The fourth-order valence-corrected chi connectivity index (χ4v) is 0.739. The Balaban J connectivity index is 2.60. The van der Waals surface area contributed by atoms with E-state index >= 15 is 0 Å². The van der Waals surface area contributed by atoms with E-state index in [9.17, 15) is 0 Å². The van der Waals surface area contributed by atoms with Gasteiger partial charge < -0.3 is 4.74 Å². The first kappa shape index (κ1) is 8.96. The molecule has 0 N–H and O–H groups in total. The summed E-state index contributed by atoms with van der Waals surface area (Å²) < 4.78 is 4.91. The van der Waals surface area contributed by atoms with Gasteiger partial charge in [-0.3, -0.25) is 0 Å². The number of ether oxygens (including phenoxy) is 1. The third-order valence-corrected chi connectivity index (χ3v) is 1.30. The Morgan fingerprint density at radius 1 is 1.33 bits per heavy atom. The van der Waals surface area contributed by atoms with Crippen LogP contribution in [0.3, 0.4) is 0 Å². The first-order valence-electron chi connectivity index (χ1n) is 3.72. The lowest BCUT2D eigenvalue weighted by atomic mass is 10.2. The molecule has 0 unspecified atom stereocenters. The van der Waals surface area contributed by atoms with Crippen molar-refractivity contribution >= 4 is 0 Å². The number of hydrogen-bond acceptors (Lipinski definition) is 1. The Kier molecular flexibility index (Phi) is 7.92. The van der Waals surface area contributed by atoms with Crippen LogP contribution in [0.1, 0.15) is 32.6 Å². The summed E-state index contributed by atoms with van der Waals surface area (Å²) in [6.07, 6.45) is 7.25. The number of unbranched alkanes of at least 4 members (excludes halogenated alkanes) is 4. The normalized spacial score (nSPS) is 10.0. The van der Waals surface area contributed by atoms with Gasteiger partial charge in [0.15, 0.2) is 0 Å². The minimum Gasteiger partial charge on any atom is -0.385 e. The van der Waals surface area contributed by atoms with Crippen LogP contribution in [-0.2, 0) is 4.74 Å². The zero-order valence-corrected chi connectivity index (χ0v) is 6.52. The molecule has 0 atom stereocenters. The summed E-state index contributed by atoms with van der Waals surface area (Å²) in [5.41, 5.74) is 0. The number of methoxy groups -OCH3 is 1. The van der Waals surface area contributed by atoms with Gasteiger partial charge in [-0.05, 0) is 12.8 Å². The lowest BCUT2D eigenvalue weighted by Crippen LogP contribution is -1.87. The summed E-state index contributed by atoms with van der Waals surface area (Å²) in [6.45, 7) is 3.09. The van der Waals surface area contributed by atoms with E-state index in [0.29, 0.717) is 0 Å². The summed E-state index contributed by atoms with van der Waals surface area (Å²) in [5.74, 6) is 0. The second-order valence-corrected chi connectivity index (χ2v) is 2.19. The molecule has 0 rings (SSSR count). The van der Waals surface area contributed by atoms with E-state index in [1.54, 1.807) is 7.11 Å². The molecule has 0 aromatic heterocycles. The standard InChI is InChI=1S/C8H17O/c1-3-4-5-6-7-8-9-2/h4H,3,5-8H2,1-2H3. The van der Waals surface area contributed by atoms with E-state index in [-0.39, 0.29) is 0 Å².